The Kier molecular flexibility index (Phi) is 1.78. The number of hydrogen-bond acceptors (Lipinski definition) is 0. The van der Waals surface area contributed by atoms with E-state index >= 15 is 0 Å². The summed E-state index contributed by atoms with van der Waals surface area (Å²) in [7, 11) is 0. The molecule has 0 bridgehead atoms. The maximum absolute atomic E-state index is 2.44. The van der Waals surface area contributed by atoms with Gasteiger partial charge in [-0.15, -0.1) is 0 Å². The van der Waals surface area contributed by atoms with Gasteiger partial charge in [-0.1, -0.05) is 26.0 Å². The van der Waals surface area contributed by atoms with Gasteiger partial charge in [-0.25, -0.2) is 0 Å². The van der Waals surface area contributed by atoms with E-state index in [-0.39, 0.29) is 0 Å². The predicted octanol–water partition coefficient (Wildman–Crippen LogP) is 3.24. The molecule has 0 aromatic rings. The highest BCUT2D eigenvalue weighted by Gasteiger charge is 2.37. The van der Waals surface area contributed by atoms with Crippen molar-refractivity contribution >= 4 is 0 Å². The first-order chi connectivity index (χ1) is 5.29. The Balaban J connectivity index is 2.12. The molecule has 4 atom stereocenters. The molecule has 0 N–H and O–H groups in total. The Bertz CT molecular complexity index is 169. The Labute approximate surface area is 69.7 Å². The van der Waals surface area contributed by atoms with E-state index in [0.29, 0.717) is 0 Å². The van der Waals surface area contributed by atoms with Gasteiger partial charge in [-0.05, 0) is 42.9 Å². The van der Waals surface area contributed by atoms with Gasteiger partial charge < -0.3 is 0 Å². The van der Waals surface area contributed by atoms with Crippen molar-refractivity contribution in [1.82, 2.24) is 0 Å². The molecular formula is C11H18. The van der Waals surface area contributed by atoms with Crippen LogP contribution in [0, 0.1) is 23.7 Å². The standard InChI is InChI=1S/C11H18/c1-8-7-10-5-3-4-6-11(10)9(8)2/h3-4,8-11H,5-7H2,1-2H3/t8-,9-,10+,11-/m1/s1. The van der Waals surface area contributed by atoms with Crippen LogP contribution < -0.4 is 0 Å². The van der Waals surface area contributed by atoms with Crippen molar-refractivity contribution in [2.24, 2.45) is 23.7 Å². The van der Waals surface area contributed by atoms with Crippen LogP contribution in [-0.2, 0) is 0 Å². The molecule has 2 aliphatic carbocycles. The van der Waals surface area contributed by atoms with Crippen LogP contribution in [0.2, 0.25) is 0 Å². The Hall–Kier alpha value is -0.260. The molecule has 2 aliphatic rings. The minimum absolute atomic E-state index is 0.977. The van der Waals surface area contributed by atoms with Crippen LogP contribution >= 0.6 is 0 Å². The minimum Gasteiger partial charge on any atom is -0.0882 e. The molecule has 0 nitrogen and oxygen atoms in total. The largest absolute Gasteiger partial charge is 0.0882 e. The van der Waals surface area contributed by atoms with Crippen molar-refractivity contribution in [2.75, 3.05) is 0 Å². The van der Waals surface area contributed by atoms with E-state index < -0.39 is 0 Å². The van der Waals surface area contributed by atoms with Crippen molar-refractivity contribution in [2.45, 2.75) is 33.1 Å². The second-order valence-electron chi connectivity index (χ2n) is 4.44. The normalized spacial score (nSPS) is 49.3. The molecule has 2 rings (SSSR count). The van der Waals surface area contributed by atoms with E-state index in [9.17, 15) is 0 Å². The Morgan fingerprint density at radius 3 is 2.55 bits per heavy atom. The molecule has 1 saturated carbocycles. The topological polar surface area (TPSA) is 0 Å². The lowest BCUT2D eigenvalue weighted by Crippen LogP contribution is -2.15. The van der Waals surface area contributed by atoms with E-state index in [4.69, 9.17) is 0 Å². The zero-order valence-electron chi connectivity index (χ0n) is 7.59. The summed E-state index contributed by atoms with van der Waals surface area (Å²) in [5.41, 5.74) is 0. The van der Waals surface area contributed by atoms with Crippen molar-refractivity contribution < 1.29 is 0 Å². The monoisotopic (exact) mass is 150 g/mol. The van der Waals surface area contributed by atoms with Crippen LogP contribution in [0.1, 0.15) is 33.1 Å². The van der Waals surface area contributed by atoms with Crippen LogP contribution in [0.25, 0.3) is 0 Å². The number of hydrogen-bond donors (Lipinski definition) is 0. The lowest BCUT2D eigenvalue weighted by Gasteiger charge is -2.24. The first-order valence-corrected chi connectivity index (χ1v) is 4.94. The molecule has 0 radical (unpaired) electrons. The third kappa shape index (κ3) is 1.13. The summed E-state index contributed by atoms with van der Waals surface area (Å²) in [6, 6.07) is 0. The van der Waals surface area contributed by atoms with Gasteiger partial charge in [0.25, 0.3) is 0 Å². The summed E-state index contributed by atoms with van der Waals surface area (Å²) in [5.74, 6) is 4.01. The summed E-state index contributed by atoms with van der Waals surface area (Å²) in [6.45, 7) is 4.86. The van der Waals surface area contributed by atoms with E-state index in [1.165, 1.54) is 19.3 Å². The van der Waals surface area contributed by atoms with Crippen molar-refractivity contribution in [1.29, 1.82) is 0 Å². The van der Waals surface area contributed by atoms with Gasteiger partial charge in [0.15, 0.2) is 0 Å². The van der Waals surface area contributed by atoms with Crippen molar-refractivity contribution in [3.05, 3.63) is 12.2 Å². The second kappa shape index (κ2) is 2.66. The first kappa shape index (κ1) is 7.39. The summed E-state index contributed by atoms with van der Waals surface area (Å²) in [5, 5.41) is 0. The highest BCUT2D eigenvalue weighted by molar-refractivity contribution is 5.00. The van der Waals surface area contributed by atoms with Gasteiger partial charge in [0.2, 0.25) is 0 Å². The summed E-state index contributed by atoms with van der Waals surface area (Å²) in [6.07, 6.45) is 8.97. The number of allylic oxidation sites excluding steroid dienone is 2. The summed E-state index contributed by atoms with van der Waals surface area (Å²) in [4.78, 5) is 0. The maximum atomic E-state index is 2.44. The van der Waals surface area contributed by atoms with E-state index in [1.807, 2.05) is 0 Å². The number of fused-ring (bicyclic) bond motifs is 1. The van der Waals surface area contributed by atoms with E-state index in [1.54, 1.807) is 0 Å². The smallest absolute Gasteiger partial charge is 0.0317 e. The van der Waals surface area contributed by atoms with Crippen LogP contribution in [-0.4, -0.2) is 0 Å². The maximum Gasteiger partial charge on any atom is -0.0317 e. The van der Waals surface area contributed by atoms with E-state index in [0.717, 1.165) is 23.7 Å². The molecule has 62 valence electrons. The van der Waals surface area contributed by atoms with Crippen molar-refractivity contribution in [3.63, 3.8) is 0 Å². The molecule has 0 heteroatoms. The zero-order valence-corrected chi connectivity index (χ0v) is 7.59. The van der Waals surface area contributed by atoms with Crippen LogP contribution in [0.15, 0.2) is 12.2 Å². The molecule has 0 saturated heterocycles. The molecule has 0 aromatic carbocycles. The summed E-state index contributed by atoms with van der Waals surface area (Å²) >= 11 is 0. The van der Waals surface area contributed by atoms with Gasteiger partial charge in [0.1, 0.15) is 0 Å². The van der Waals surface area contributed by atoms with Gasteiger partial charge >= 0.3 is 0 Å². The van der Waals surface area contributed by atoms with Crippen molar-refractivity contribution in [3.8, 4) is 0 Å². The lowest BCUT2D eigenvalue weighted by molar-refractivity contribution is 0.305. The predicted molar refractivity (Wildman–Crippen MR) is 48.3 cm³/mol. The third-order valence-corrected chi connectivity index (χ3v) is 3.87. The lowest BCUT2D eigenvalue weighted by atomic mass is 9.82. The first-order valence-electron chi connectivity index (χ1n) is 4.94. The van der Waals surface area contributed by atoms with Crippen LogP contribution in [0.5, 0.6) is 0 Å². The molecule has 0 unspecified atom stereocenters. The molecule has 0 amide bonds. The minimum atomic E-state index is 0.977. The molecule has 0 aromatic heterocycles. The second-order valence-corrected chi connectivity index (χ2v) is 4.44. The average molecular weight is 150 g/mol. The molecule has 0 spiro atoms. The SMILES string of the molecule is C[C@H]1[C@H]2CC=CC[C@H]2C[C@H]1C. The molecule has 0 heterocycles. The van der Waals surface area contributed by atoms with Gasteiger partial charge in [-0.3, -0.25) is 0 Å². The zero-order chi connectivity index (χ0) is 7.84. The third-order valence-electron chi connectivity index (χ3n) is 3.87. The van der Waals surface area contributed by atoms with Crippen LogP contribution in [0.4, 0.5) is 0 Å². The van der Waals surface area contributed by atoms with E-state index in [2.05, 4.69) is 26.0 Å². The highest BCUT2D eigenvalue weighted by Crippen LogP contribution is 2.46. The average Bonchev–Trinajstić information content (AvgIpc) is 2.30. The fraction of sp³-hybridized carbons (Fsp3) is 0.818. The fourth-order valence-corrected chi connectivity index (χ4v) is 2.92. The van der Waals surface area contributed by atoms with Gasteiger partial charge in [0.05, 0.1) is 0 Å². The molecule has 0 aliphatic heterocycles. The van der Waals surface area contributed by atoms with Crippen LogP contribution in [0.3, 0.4) is 0 Å². The Morgan fingerprint density at radius 2 is 1.82 bits per heavy atom. The molecule has 1 fully saturated rings. The van der Waals surface area contributed by atoms with Gasteiger partial charge in [0, 0.05) is 0 Å². The highest BCUT2D eigenvalue weighted by atomic mass is 14.4. The molecular weight excluding hydrogens is 132 g/mol. The summed E-state index contributed by atoms with van der Waals surface area (Å²) < 4.78 is 0. The molecule has 11 heavy (non-hydrogen) atoms. The number of rotatable bonds is 0. The Morgan fingerprint density at radius 1 is 1.09 bits per heavy atom. The quantitative estimate of drug-likeness (QED) is 0.465. The van der Waals surface area contributed by atoms with Gasteiger partial charge in [-0.2, -0.15) is 0 Å². The fourth-order valence-electron chi connectivity index (χ4n) is 2.92.